The number of H-pyrrole nitrogens is 1. The Morgan fingerprint density at radius 2 is 2.12 bits per heavy atom. The lowest BCUT2D eigenvalue weighted by Gasteiger charge is -2.13. The maximum absolute atomic E-state index is 12.3. The van der Waals surface area contributed by atoms with Crippen LogP contribution >= 0.6 is 0 Å². The lowest BCUT2D eigenvalue weighted by Crippen LogP contribution is -2.40. The molecular formula is C16H23N5O3. The number of amides is 1. The van der Waals surface area contributed by atoms with Gasteiger partial charge in [-0.1, -0.05) is 19.8 Å². The van der Waals surface area contributed by atoms with Crippen molar-refractivity contribution in [3.05, 3.63) is 23.1 Å². The molecule has 0 saturated carbocycles. The monoisotopic (exact) mass is 333 g/mol. The lowest BCUT2D eigenvalue weighted by molar-refractivity contribution is -0.139. The fourth-order valence-electron chi connectivity index (χ4n) is 2.61. The van der Waals surface area contributed by atoms with Crippen LogP contribution < -0.4 is 5.32 Å². The van der Waals surface area contributed by atoms with Crippen molar-refractivity contribution in [2.45, 2.75) is 46.1 Å². The predicted octanol–water partition coefficient (Wildman–Crippen LogP) is 1.80. The van der Waals surface area contributed by atoms with Gasteiger partial charge in [0.1, 0.15) is 11.7 Å². The average molecular weight is 333 g/mol. The molecule has 2 heterocycles. The van der Waals surface area contributed by atoms with Crippen LogP contribution in [0.3, 0.4) is 0 Å². The van der Waals surface area contributed by atoms with Crippen LogP contribution in [0.25, 0.3) is 11.3 Å². The Morgan fingerprint density at radius 1 is 1.42 bits per heavy atom. The first kappa shape index (κ1) is 17.7. The smallest absolute Gasteiger partial charge is 0.326 e. The van der Waals surface area contributed by atoms with Gasteiger partial charge in [0.2, 0.25) is 0 Å². The molecule has 0 fully saturated rings. The highest BCUT2D eigenvalue weighted by Crippen LogP contribution is 2.25. The molecule has 0 aliphatic heterocycles. The van der Waals surface area contributed by atoms with Crippen molar-refractivity contribution in [2.24, 2.45) is 7.05 Å². The summed E-state index contributed by atoms with van der Waals surface area (Å²) in [6, 6.07) is 0.719. The first-order chi connectivity index (χ1) is 11.3. The van der Waals surface area contributed by atoms with Gasteiger partial charge in [-0.25, -0.2) is 4.79 Å². The fraction of sp³-hybridized carbons (Fsp3) is 0.500. The normalized spacial score (nSPS) is 12.2. The number of carbonyl (C=O) groups is 2. The number of hydrogen-bond donors (Lipinski definition) is 3. The second-order valence-electron chi connectivity index (χ2n) is 5.84. The number of aromatic nitrogens is 4. The molecule has 8 nitrogen and oxygen atoms in total. The SMILES string of the molecule is CCCC[C@H](NC(=O)c1cc(-c2c(C)nn(C)c2C)n[nH]1)C(=O)O. The van der Waals surface area contributed by atoms with Crippen molar-refractivity contribution in [1.82, 2.24) is 25.3 Å². The maximum Gasteiger partial charge on any atom is 0.326 e. The topological polar surface area (TPSA) is 113 Å². The van der Waals surface area contributed by atoms with Gasteiger partial charge in [0.15, 0.2) is 0 Å². The summed E-state index contributed by atoms with van der Waals surface area (Å²) in [6.45, 7) is 5.78. The van der Waals surface area contributed by atoms with E-state index in [0.29, 0.717) is 12.1 Å². The molecule has 2 aromatic rings. The molecule has 1 amide bonds. The van der Waals surface area contributed by atoms with Gasteiger partial charge in [-0.2, -0.15) is 10.2 Å². The summed E-state index contributed by atoms with van der Waals surface area (Å²) in [6.07, 6.45) is 2.01. The summed E-state index contributed by atoms with van der Waals surface area (Å²) >= 11 is 0. The quantitative estimate of drug-likeness (QED) is 0.715. The van der Waals surface area contributed by atoms with E-state index >= 15 is 0 Å². The molecule has 0 aliphatic carbocycles. The summed E-state index contributed by atoms with van der Waals surface area (Å²) in [5, 5.41) is 22.9. The summed E-state index contributed by atoms with van der Waals surface area (Å²) in [5.41, 5.74) is 3.48. The molecule has 0 aliphatic rings. The molecule has 24 heavy (non-hydrogen) atoms. The van der Waals surface area contributed by atoms with Crippen LogP contribution in [-0.2, 0) is 11.8 Å². The first-order valence-electron chi connectivity index (χ1n) is 7.94. The van der Waals surface area contributed by atoms with Crippen LogP contribution in [0.15, 0.2) is 6.07 Å². The summed E-state index contributed by atoms with van der Waals surface area (Å²) in [4.78, 5) is 23.5. The van der Waals surface area contributed by atoms with Crippen molar-refractivity contribution < 1.29 is 14.7 Å². The molecule has 2 aromatic heterocycles. The van der Waals surface area contributed by atoms with E-state index in [-0.39, 0.29) is 5.69 Å². The van der Waals surface area contributed by atoms with E-state index in [9.17, 15) is 14.7 Å². The molecule has 8 heteroatoms. The molecule has 130 valence electrons. The molecule has 2 rings (SSSR count). The zero-order valence-electron chi connectivity index (χ0n) is 14.4. The number of rotatable bonds is 7. The second-order valence-corrected chi connectivity index (χ2v) is 5.84. The van der Waals surface area contributed by atoms with Crippen molar-refractivity contribution >= 4 is 11.9 Å². The predicted molar refractivity (Wildman–Crippen MR) is 88.7 cm³/mol. The minimum absolute atomic E-state index is 0.232. The molecule has 0 aromatic carbocycles. The van der Waals surface area contributed by atoms with Crippen LogP contribution in [0.4, 0.5) is 0 Å². The Kier molecular flexibility index (Phi) is 5.38. The lowest BCUT2D eigenvalue weighted by atomic mass is 10.1. The summed E-state index contributed by atoms with van der Waals surface area (Å²) in [5.74, 6) is -1.51. The van der Waals surface area contributed by atoms with E-state index in [2.05, 4.69) is 20.6 Å². The minimum Gasteiger partial charge on any atom is -0.480 e. The number of carboxylic acid groups (broad SMARTS) is 1. The third-order valence-electron chi connectivity index (χ3n) is 4.04. The number of nitrogens with one attached hydrogen (secondary N) is 2. The highest BCUT2D eigenvalue weighted by Gasteiger charge is 2.22. The Morgan fingerprint density at radius 3 is 2.67 bits per heavy atom. The highest BCUT2D eigenvalue weighted by molar-refractivity contribution is 5.95. The number of carboxylic acids is 1. The minimum atomic E-state index is -1.03. The molecule has 1 atom stereocenters. The zero-order chi connectivity index (χ0) is 17.9. The molecule has 0 spiro atoms. The number of carbonyl (C=O) groups excluding carboxylic acids is 1. The van der Waals surface area contributed by atoms with Crippen molar-refractivity contribution in [2.75, 3.05) is 0 Å². The third-order valence-corrected chi connectivity index (χ3v) is 4.04. The molecule has 0 unspecified atom stereocenters. The Hall–Kier alpha value is -2.64. The molecule has 0 radical (unpaired) electrons. The van der Waals surface area contributed by atoms with Crippen LogP contribution in [0.5, 0.6) is 0 Å². The Balaban J connectivity index is 2.17. The van der Waals surface area contributed by atoms with Gasteiger partial charge >= 0.3 is 5.97 Å². The summed E-state index contributed by atoms with van der Waals surface area (Å²) in [7, 11) is 1.84. The summed E-state index contributed by atoms with van der Waals surface area (Å²) < 4.78 is 1.75. The zero-order valence-corrected chi connectivity index (χ0v) is 14.4. The number of hydrogen-bond acceptors (Lipinski definition) is 4. The fourth-order valence-corrected chi connectivity index (χ4v) is 2.61. The first-order valence-corrected chi connectivity index (χ1v) is 7.94. The van der Waals surface area contributed by atoms with Gasteiger partial charge in [0.05, 0.1) is 11.4 Å². The van der Waals surface area contributed by atoms with Crippen LogP contribution in [0.2, 0.25) is 0 Å². The molecule has 0 bridgehead atoms. The number of aliphatic carboxylic acids is 1. The van der Waals surface area contributed by atoms with Gasteiger partial charge in [-0.05, 0) is 26.3 Å². The maximum atomic E-state index is 12.3. The van der Waals surface area contributed by atoms with E-state index in [1.54, 1.807) is 10.7 Å². The van der Waals surface area contributed by atoms with Gasteiger partial charge in [-0.15, -0.1) is 0 Å². The molecular weight excluding hydrogens is 310 g/mol. The van der Waals surface area contributed by atoms with Gasteiger partial charge < -0.3 is 10.4 Å². The number of unbranched alkanes of at least 4 members (excludes halogenated alkanes) is 1. The van der Waals surface area contributed by atoms with Crippen LogP contribution in [0.1, 0.15) is 48.1 Å². The number of aromatic amines is 1. The number of nitrogens with zero attached hydrogens (tertiary/aromatic N) is 3. The highest BCUT2D eigenvalue weighted by atomic mass is 16.4. The average Bonchev–Trinajstić information content (AvgIpc) is 3.08. The second kappa shape index (κ2) is 7.29. The standard InChI is InChI=1S/C16H23N5O3/c1-5-6-7-11(16(23)24)17-15(22)13-8-12(18-19-13)14-9(2)20-21(4)10(14)3/h8,11H,5-7H2,1-4H3,(H,17,22)(H,18,19)(H,23,24)/t11-/m0/s1. The Labute approximate surface area is 140 Å². The van der Waals surface area contributed by atoms with Crippen molar-refractivity contribution in [3.8, 4) is 11.3 Å². The molecule has 0 saturated heterocycles. The van der Waals surface area contributed by atoms with E-state index in [4.69, 9.17) is 0 Å². The van der Waals surface area contributed by atoms with Crippen LogP contribution in [0, 0.1) is 13.8 Å². The van der Waals surface area contributed by atoms with Crippen molar-refractivity contribution in [1.29, 1.82) is 0 Å². The van der Waals surface area contributed by atoms with Gasteiger partial charge in [-0.3, -0.25) is 14.6 Å². The number of aryl methyl sites for hydroxylation is 2. The van der Waals surface area contributed by atoms with Gasteiger partial charge in [0, 0.05) is 18.3 Å². The molecule has 3 N–H and O–H groups in total. The third kappa shape index (κ3) is 3.64. The van der Waals surface area contributed by atoms with Crippen molar-refractivity contribution in [3.63, 3.8) is 0 Å². The van der Waals surface area contributed by atoms with E-state index in [1.807, 2.05) is 27.8 Å². The van der Waals surface area contributed by atoms with Gasteiger partial charge in [0.25, 0.3) is 5.91 Å². The van der Waals surface area contributed by atoms with E-state index < -0.39 is 17.9 Å². The largest absolute Gasteiger partial charge is 0.480 e. The van der Waals surface area contributed by atoms with E-state index in [1.165, 1.54) is 0 Å². The Bertz CT molecular complexity index is 747. The van der Waals surface area contributed by atoms with E-state index in [0.717, 1.165) is 29.8 Å². The van der Waals surface area contributed by atoms with Crippen LogP contribution in [-0.4, -0.2) is 43.0 Å².